The molecular weight excluding hydrogens is 270 g/mol. The maximum absolute atomic E-state index is 11.7. The zero-order valence-electron chi connectivity index (χ0n) is 10.8. The van der Waals surface area contributed by atoms with Crippen molar-refractivity contribution in [3.8, 4) is 0 Å². The Morgan fingerprint density at radius 2 is 2.21 bits per heavy atom. The number of benzene rings is 1. The first-order valence-electron chi connectivity index (χ1n) is 5.91. The van der Waals surface area contributed by atoms with Gasteiger partial charge in [-0.15, -0.1) is 0 Å². The molecule has 0 saturated carbocycles. The molecule has 19 heavy (non-hydrogen) atoms. The molecule has 1 aromatic carbocycles. The summed E-state index contributed by atoms with van der Waals surface area (Å²) in [6.45, 7) is 4.06. The second kappa shape index (κ2) is 7.06. The third kappa shape index (κ3) is 4.84. The van der Waals surface area contributed by atoms with Crippen LogP contribution in [0.15, 0.2) is 18.2 Å². The SMILES string of the molecule is CCC(C)NCC(=O)Nc1ccc(Cl)cc1[N+](=O)[O-]. The molecular formula is C12H16ClN3O3. The first-order valence-corrected chi connectivity index (χ1v) is 6.29. The average molecular weight is 286 g/mol. The van der Waals surface area contributed by atoms with Gasteiger partial charge in [-0.05, 0) is 25.5 Å². The number of anilines is 1. The fourth-order valence-electron chi connectivity index (χ4n) is 1.37. The standard InChI is InChI=1S/C12H16ClN3O3/c1-3-8(2)14-7-12(17)15-10-5-4-9(13)6-11(10)16(18)19/h4-6,8,14H,3,7H2,1-2H3,(H,15,17). The van der Waals surface area contributed by atoms with Crippen LogP contribution < -0.4 is 10.6 Å². The van der Waals surface area contributed by atoms with E-state index in [0.717, 1.165) is 6.42 Å². The summed E-state index contributed by atoms with van der Waals surface area (Å²) < 4.78 is 0. The van der Waals surface area contributed by atoms with Crippen molar-refractivity contribution < 1.29 is 9.72 Å². The molecule has 0 aliphatic rings. The number of hydrogen-bond acceptors (Lipinski definition) is 4. The van der Waals surface area contributed by atoms with Gasteiger partial charge >= 0.3 is 0 Å². The van der Waals surface area contributed by atoms with Gasteiger partial charge in [-0.1, -0.05) is 18.5 Å². The minimum Gasteiger partial charge on any atom is -0.319 e. The molecule has 0 fully saturated rings. The largest absolute Gasteiger partial charge is 0.319 e. The van der Waals surface area contributed by atoms with E-state index >= 15 is 0 Å². The number of nitro benzene ring substituents is 1. The molecule has 0 saturated heterocycles. The second-order valence-electron chi connectivity index (χ2n) is 4.16. The van der Waals surface area contributed by atoms with Crippen LogP contribution in [0, 0.1) is 10.1 Å². The highest BCUT2D eigenvalue weighted by Crippen LogP contribution is 2.27. The molecule has 104 valence electrons. The van der Waals surface area contributed by atoms with E-state index in [2.05, 4.69) is 10.6 Å². The molecule has 7 heteroatoms. The molecule has 1 rings (SSSR count). The molecule has 2 N–H and O–H groups in total. The van der Waals surface area contributed by atoms with Crippen molar-refractivity contribution in [2.75, 3.05) is 11.9 Å². The summed E-state index contributed by atoms with van der Waals surface area (Å²) in [6, 6.07) is 4.33. The maximum Gasteiger partial charge on any atom is 0.294 e. The van der Waals surface area contributed by atoms with Crippen molar-refractivity contribution in [1.29, 1.82) is 0 Å². The molecule has 0 heterocycles. The van der Waals surface area contributed by atoms with Gasteiger partial charge in [0, 0.05) is 17.1 Å². The van der Waals surface area contributed by atoms with E-state index in [4.69, 9.17) is 11.6 Å². The van der Waals surface area contributed by atoms with Gasteiger partial charge in [0.2, 0.25) is 5.91 Å². The van der Waals surface area contributed by atoms with Gasteiger partial charge < -0.3 is 10.6 Å². The summed E-state index contributed by atoms with van der Waals surface area (Å²) in [4.78, 5) is 21.9. The zero-order valence-corrected chi connectivity index (χ0v) is 11.5. The van der Waals surface area contributed by atoms with E-state index in [1.807, 2.05) is 13.8 Å². The lowest BCUT2D eigenvalue weighted by Gasteiger charge is -2.11. The normalized spacial score (nSPS) is 11.9. The molecule has 0 aliphatic heterocycles. The van der Waals surface area contributed by atoms with E-state index in [0.29, 0.717) is 0 Å². The Morgan fingerprint density at radius 1 is 1.53 bits per heavy atom. The topological polar surface area (TPSA) is 84.3 Å². The van der Waals surface area contributed by atoms with E-state index in [1.165, 1.54) is 18.2 Å². The minimum absolute atomic E-state index is 0.106. The molecule has 0 bridgehead atoms. The Hall–Kier alpha value is -1.66. The smallest absolute Gasteiger partial charge is 0.294 e. The minimum atomic E-state index is -0.580. The summed E-state index contributed by atoms with van der Waals surface area (Å²) in [6.07, 6.45) is 0.897. The molecule has 1 aromatic rings. The third-order valence-electron chi connectivity index (χ3n) is 2.65. The molecule has 1 unspecified atom stereocenters. The van der Waals surface area contributed by atoms with Gasteiger partial charge in [0.25, 0.3) is 5.69 Å². The van der Waals surface area contributed by atoms with Crippen molar-refractivity contribution in [2.24, 2.45) is 0 Å². The van der Waals surface area contributed by atoms with Crippen LogP contribution in [0.3, 0.4) is 0 Å². The monoisotopic (exact) mass is 285 g/mol. The number of amides is 1. The van der Waals surface area contributed by atoms with E-state index in [1.54, 1.807) is 0 Å². The van der Waals surface area contributed by atoms with Gasteiger partial charge in [0.05, 0.1) is 11.5 Å². The molecule has 1 amide bonds. The van der Waals surface area contributed by atoms with Crippen LogP contribution in [0.5, 0.6) is 0 Å². The lowest BCUT2D eigenvalue weighted by atomic mass is 10.2. The number of carbonyl (C=O) groups is 1. The van der Waals surface area contributed by atoms with Crippen molar-refractivity contribution >= 4 is 28.9 Å². The highest BCUT2D eigenvalue weighted by molar-refractivity contribution is 6.31. The Labute approximate surface area is 116 Å². The number of carbonyl (C=O) groups excluding carboxylic acids is 1. The zero-order chi connectivity index (χ0) is 14.4. The second-order valence-corrected chi connectivity index (χ2v) is 4.59. The average Bonchev–Trinajstić information content (AvgIpc) is 2.37. The number of nitrogens with one attached hydrogen (secondary N) is 2. The summed E-state index contributed by atoms with van der Waals surface area (Å²) in [5, 5.41) is 16.6. The summed E-state index contributed by atoms with van der Waals surface area (Å²) in [5.74, 6) is -0.328. The Balaban J connectivity index is 2.71. The van der Waals surface area contributed by atoms with E-state index < -0.39 is 4.92 Å². The number of hydrogen-bond donors (Lipinski definition) is 2. The predicted molar refractivity (Wildman–Crippen MR) is 74.5 cm³/mol. The molecule has 6 nitrogen and oxygen atoms in total. The van der Waals surface area contributed by atoms with Crippen molar-refractivity contribution in [1.82, 2.24) is 5.32 Å². The Bertz CT molecular complexity index is 479. The summed E-state index contributed by atoms with van der Waals surface area (Å²) in [5.41, 5.74) is -0.0743. The van der Waals surface area contributed by atoms with Gasteiger partial charge in [-0.3, -0.25) is 14.9 Å². The van der Waals surface area contributed by atoms with Gasteiger partial charge in [0.15, 0.2) is 0 Å². The van der Waals surface area contributed by atoms with Crippen molar-refractivity contribution in [2.45, 2.75) is 26.3 Å². The van der Waals surface area contributed by atoms with Crippen molar-refractivity contribution in [3.63, 3.8) is 0 Å². The number of nitrogens with zero attached hydrogens (tertiary/aromatic N) is 1. The van der Waals surface area contributed by atoms with Crippen LogP contribution in [0.4, 0.5) is 11.4 Å². The predicted octanol–water partition coefficient (Wildman–Crippen LogP) is 2.57. The highest BCUT2D eigenvalue weighted by Gasteiger charge is 2.16. The Morgan fingerprint density at radius 3 is 2.79 bits per heavy atom. The van der Waals surface area contributed by atoms with Crippen LogP contribution >= 0.6 is 11.6 Å². The first-order chi connectivity index (χ1) is 8.93. The fraction of sp³-hybridized carbons (Fsp3) is 0.417. The van der Waals surface area contributed by atoms with Gasteiger partial charge in [-0.2, -0.15) is 0 Å². The van der Waals surface area contributed by atoms with Crippen LogP contribution in [0.2, 0.25) is 5.02 Å². The fourth-order valence-corrected chi connectivity index (χ4v) is 1.53. The van der Waals surface area contributed by atoms with E-state index in [9.17, 15) is 14.9 Å². The summed E-state index contributed by atoms with van der Waals surface area (Å²) in [7, 11) is 0. The lowest BCUT2D eigenvalue weighted by molar-refractivity contribution is -0.383. The first kappa shape index (κ1) is 15.4. The third-order valence-corrected chi connectivity index (χ3v) is 2.89. The summed E-state index contributed by atoms with van der Waals surface area (Å²) >= 11 is 5.69. The quantitative estimate of drug-likeness (QED) is 0.621. The molecule has 0 aromatic heterocycles. The maximum atomic E-state index is 11.7. The number of rotatable bonds is 6. The van der Waals surface area contributed by atoms with Crippen LogP contribution in [0.1, 0.15) is 20.3 Å². The van der Waals surface area contributed by atoms with Crippen LogP contribution in [0.25, 0.3) is 0 Å². The van der Waals surface area contributed by atoms with Gasteiger partial charge in [0.1, 0.15) is 5.69 Å². The molecule has 0 spiro atoms. The highest BCUT2D eigenvalue weighted by atomic mass is 35.5. The molecule has 0 radical (unpaired) electrons. The van der Waals surface area contributed by atoms with E-state index in [-0.39, 0.29) is 34.9 Å². The molecule has 0 aliphatic carbocycles. The number of halogens is 1. The van der Waals surface area contributed by atoms with Crippen LogP contribution in [-0.2, 0) is 4.79 Å². The Kier molecular flexibility index (Phi) is 5.72. The number of nitro groups is 1. The lowest BCUT2D eigenvalue weighted by Crippen LogP contribution is -2.34. The van der Waals surface area contributed by atoms with Crippen molar-refractivity contribution in [3.05, 3.63) is 33.3 Å². The molecule has 1 atom stereocenters. The van der Waals surface area contributed by atoms with Crippen LogP contribution in [-0.4, -0.2) is 23.4 Å². The van der Waals surface area contributed by atoms with Gasteiger partial charge in [-0.25, -0.2) is 0 Å².